The molecule has 0 saturated carbocycles. The van der Waals surface area contributed by atoms with E-state index < -0.39 is 0 Å². The topological polar surface area (TPSA) is 66.6 Å². The molecular weight excluding hydrogens is 373 g/mol. The molecule has 2 amide bonds. The third-order valence-corrected chi connectivity index (χ3v) is 6.17. The SMILES string of the molecule is NC(=O)[C@H]1CC[C@@H](CN2CCCC2)N(C(=O)Cc2ccc(Cl)c(Cl)c2)C1. The van der Waals surface area contributed by atoms with Gasteiger partial charge in [0.25, 0.3) is 0 Å². The fourth-order valence-corrected chi connectivity index (χ4v) is 4.26. The van der Waals surface area contributed by atoms with Gasteiger partial charge in [0.1, 0.15) is 0 Å². The van der Waals surface area contributed by atoms with Crippen LogP contribution < -0.4 is 5.73 Å². The maximum atomic E-state index is 13.0. The van der Waals surface area contributed by atoms with Crippen molar-refractivity contribution >= 4 is 35.0 Å². The van der Waals surface area contributed by atoms with E-state index in [0.29, 0.717) is 16.6 Å². The van der Waals surface area contributed by atoms with Crippen LogP contribution in [-0.4, -0.2) is 53.8 Å². The molecule has 7 heteroatoms. The lowest BCUT2D eigenvalue weighted by Crippen LogP contribution is -2.53. The Balaban J connectivity index is 1.72. The lowest BCUT2D eigenvalue weighted by atomic mass is 9.91. The molecule has 2 heterocycles. The highest BCUT2D eigenvalue weighted by Gasteiger charge is 2.35. The molecule has 0 bridgehead atoms. The summed E-state index contributed by atoms with van der Waals surface area (Å²) in [5, 5.41) is 0.917. The molecule has 26 heavy (non-hydrogen) atoms. The smallest absolute Gasteiger partial charge is 0.227 e. The lowest BCUT2D eigenvalue weighted by Gasteiger charge is -2.40. The molecule has 2 aliphatic rings. The first-order valence-electron chi connectivity index (χ1n) is 9.19. The van der Waals surface area contributed by atoms with E-state index in [1.54, 1.807) is 12.1 Å². The molecule has 0 radical (unpaired) electrons. The van der Waals surface area contributed by atoms with Crippen molar-refractivity contribution in [3.63, 3.8) is 0 Å². The van der Waals surface area contributed by atoms with Gasteiger partial charge >= 0.3 is 0 Å². The fourth-order valence-electron chi connectivity index (χ4n) is 3.94. The number of carbonyl (C=O) groups excluding carboxylic acids is 2. The molecule has 2 aliphatic heterocycles. The number of hydrogen-bond acceptors (Lipinski definition) is 3. The summed E-state index contributed by atoms with van der Waals surface area (Å²) in [6.45, 7) is 3.46. The zero-order chi connectivity index (χ0) is 18.7. The molecule has 5 nitrogen and oxygen atoms in total. The second kappa shape index (κ2) is 8.59. The van der Waals surface area contributed by atoms with Crippen molar-refractivity contribution in [1.82, 2.24) is 9.80 Å². The van der Waals surface area contributed by atoms with E-state index in [0.717, 1.165) is 38.0 Å². The van der Waals surface area contributed by atoms with Crippen LogP contribution in [0.15, 0.2) is 18.2 Å². The molecule has 3 rings (SSSR count). The Morgan fingerprint density at radius 3 is 2.50 bits per heavy atom. The quantitative estimate of drug-likeness (QED) is 0.830. The Bertz CT molecular complexity index is 677. The number of primary amides is 1. The number of hydrogen-bond donors (Lipinski definition) is 1. The molecule has 2 saturated heterocycles. The van der Waals surface area contributed by atoms with Crippen molar-refractivity contribution in [2.45, 2.75) is 38.1 Å². The summed E-state index contributed by atoms with van der Waals surface area (Å²) < 4.78 is 0. The molecule has 142 valence electrons. The summed E-state index contributed by atoms with van der Waals surface area (Å²) in [6, 6.07) is 5.39. The first kappa shape index (κ1) is 19.5. The average Bonchev–Trinajstić information content (AvgIpc) is 3.11. The van der Waals surface area contributed by atoms with Gasteiger partial charge in [-0.1, -0.05) is 29.3 Å². The number of benzene rings is 1. The van der Waals surface area contributed by atoms with Crippen LogP contribution in [0.4, 0.5) is 0 Å². The Morgan fingerprint density at radius 2 is 1.85 bits per heavy atom. The van der Waals surface area contributed by atoms with Crippen LogP contribution in [0.5, 0.6) is 0 Å². The lowest BCUT2D eigenvalue weighted by molar-refractivity contribution is -0.138. The number of nitrogens with zero attached hydrogens (tertiary/aromatic N) is 2. The third-order valence-electron chi connectivity index (χ3n) is 5.44. The van der Waals surface area contributed by atoms with Crippen molar-refractivity contribution < 1.29 is 9.59 Å². The van der Waals surface area contributed by atoms with Crippen LogP contribution in [-0.2, 0) is 16.0 Å². The van der Waals surface area contributed by atoms with E-state index in [2.05, 4.69) is 4.90 Å². The number of likely N-dealkylation sites (tertiary alicyclic amines) is 2. The molecule has 2 fully saturated rings. The predicted octanol–water partition coefficient (Wildman–Crippen LogP) is 2.72. The van der Waals surface area contributed by atoms with Crippen LogP contribution in [0.1, 0.15) is 31.2 Å². The Morgan fingerprint density at radius 1 is 1.12 bits per heavy atom. The van der Waals surface area contributed by atoms with Gasteiger partial charge in [-0.2, -0.15) is 0 Å². The van der Waals surface area contributed by atoms with Crippen LogP contribution >= 0.6 is 23.2 Å². The maximum absolute atomic E-state index is 13.0. The molecule has 1 aromatic rings. The van der Waals surface area contributed by atoms with E-state index in [9.17, 15) is 9.59 Å². The van der Waals surface area contributed by atoms with Crippen LogP contribution in [0.2, 0.25) is 10.0 Å². The predicted molar refractivity (Wildman–Crippen MR) is 103 cm³/mol. The normalized spacial score (nSPS) is 24.0. The highest BCUT2D eigenvalue weighted by Crippen LogP contribution is 2.26. The van der Waals surface area contributed by atoms with Gasteiger partial charge < -0.3 is 15.5 Å². The van der Waals surface area contributed by atoms with Crippen molar-refractivity contribution in [3.8, 4) is 0 Å². The molecule has 2 N–H and O–H groups in total. The summed E-state index contributed by atoms with van der Waals surface area (Å²) >= 11 is 12.0. The minimum Gasteiger partial charge on any atom is -0.369 e. The summed E-state index contributed by atoms with van der Waals surface area (Å²) in [7, 11) is 0. The van der Waals surface area contributed by atoms with Gasteiger partial charge in [0.2, 0.25) is 11.8 Å². The number of nitrogens with two attached hydrogens (primary N) is 1. The zero-order valence-corrected chi connectivity index (χ0v) is 16.3. The van der Waals surface area contributed by atoms with E-state index >= 15 is 0 Å². The molecule has 2 atom stereocenters. The Labute approximate surface area is 164 Å². The molecule has 1 aromatic carbocycles. The van der Waals surface area contributed by atoms with E-state index in [1.165, 1.54) is 12.8 Å². The number of carbonyl (C=O) groups is 2. The number of amides is 2. The first-order valence-corrected chi connectivity index (χ1v) is 9.94. The largest absolute Gasteiger partial charge is 0.369 e. The second-order valence-electron chi connectivity index (χ2n) is 7.31. The summed E-state index contributed by atoms with van der Waals surface area (Å²) in [5.74, 6) is -0.571. The maximum Gasteiger partial charge on any atom is 0.227 e. The highest BCUT2D eigenvalue weighted by atomic mass is 35.5. The summed E-state index contributed by atoms with van der Waals surface area (Å²) in [5.41, 5.74) is 6.33. The van der Waals surface area contributed by atoms with Crippen LogP contribution in [0.25, 0.3) is 0 Å². The Hall–Kier alpha value is -1.30. The standard InChI is InChI=1S/C19H25Cl2N3O2/c20-16-6-3-13(9-17(16)21)10-18(25)24-11-14(19(22)26)4-5-15(24)12-23-7-1-2-8-23/h3,6,9,14-15H,1-2,4-5,7-8,10-12H2,(H2,22,26)/t14-,15-/m0/s1. The van der Waals surface area contributed by atoms with Gasteiger partial charge in [0.05, 0.1) is 22.4 Å². The average molecular weight is 398 g/mol. The molecule has 0 unspecified atom stereocenters. The van der Waals surface area contributed by atoms with Gasteiger partial charge in [0.15, 0.2) is 0 Å². The van der Waals surface area contributed by atoms with Gasteiger partial charge in [0, 0.05) is 19.1 Å². The van der Waals surface area contributed by atoms with E-state index in [4.69, 9.17) is 28.9 Å². The third kappa shape index (κ3) is 4.70. The van der Waals surface area contributed by atoms with Crippen molar-refractivity contribution in [3.05, 3.63) is 33.8 Å². The van der Waals surface area contributed by atoms with Crippen molar-refractivity contribution in [2.75, 3.05) is 26.2 Å². The summed E-state index contributed by atoms with van der Waals surface area (Å²) in [4.78, 5) is 28.9. The van der Waals surface area contributed by atoms with Crippen LogP contribution in [0.3, 0.4) is 0 Å². The number of halogens is 2. The van der Waals surface area contributed by atoms with E-state index in [1.807, 2.05) is 11.0 Å². The first-order chi connectivity index (χ1) is 12.4. The van der Waals surface area contributed by atoms with Gasteiger partial charge in [-0.3, -0.25) is 9.59 Å². The molecule has 0 aromatic heterocycles. The van der Waals surface area contributed by atoms with Crippen molar-refractivity contribution in [2.24, 2.45) is 11.7 Å². The molecule has 0 aliphatic carbocycles. The molecule has 0 spiro atoms. The van der Waals surface area contributed by atoms with Crippen molar-refractivity contribution in [1.29, 1.82) is 0 Å². The number of rotatable bonds is 5. The van der Waals surface area contributed by atoms with Gasteiger partial charge in [-0.25, -0.2) is 0 Å². The van der Waals surface area contributed by atoms with Crippen LogP contribution in [0, 0.1) is 5.92 Å². The molecular formula is C19H25Cl2N3O2. The minimum absolute atomic E-state index is 0.0125. The second-order valence-corrected chi connectivity index (χ2v) is 8.12. The number of piperidine rings is 1. The van der Waals surface area contributed by atoms with E-state index in [-0.39, 0.29) is 30.2 Å². The fraction of sp³-hybridized carbons (Fsp3) is 0.579. The zero-order valence-electron chi connectivity index (χ0n) is 14.8. The van der Waals surface area contributed by atoms with Gasteiger partial charge in [-0.15, -0.1) is 0 Å². The van der Waals surface area contributed by atoms with Gasteiger partial charge in [-0.05, 0) is 56.5 Å². The highest BCUT2D eigenvalue weighted by molar-refractivity contribution is 6.42. The monoisotopic (exact) mass is 397 g/mol. The Kier molecular flexibility index (Phi) is 6.43. The summed E-state index contributed by atoms with van der Waals surface area (Å²) in [6.07, 6.45) is 4.25. The minimum atomic E-state index is -0.322.